The first-order chi connectivity index (χ1) is 16.5. The molecule has 0 bridgehead atoms. The molecule has 1 saturated heterocycles. The predicted molar refractivity (Wildman–Crippen MR) is 131 cm³/mol. The van der Waals surface area contributed by atoms with Crippen molar-refractivity contribution in [3.63, 3.8) is 0 Å². The second-order valence-corrected chi connectivity index (χ2v) is 10.6. The number of aromatic amines is 1. The minimum atomic E-state index is -0.521. The summed E-state index contributed by atoms with van der Waals surface area (Å²) in [4.78, 5) is 37.8. The molecular formula is C28H28N4O2. The summed E-state index contributed by atoms with van der Waals surface area (Å²) in [5, 5.41) is 1.20. The van der Waals surface area contributed by atoms with Crippen molar-refractivity contribution in [2.75, 3.05) is 19.6 Å². The van der Waals surface area contributed by atoms with Crippen LogP contribution in [-0.4, -0.2) is 57.6 Å². The van der Waals surface area contributed by atoms with Gasteiger partial charge in [-0.3, -0.25) is 19.5 Å². The third kappa shape index (κ3) is 3.11. The maximum atomic E-state index is 13.3. The van der Waals surface area contributed by atoms with Gasteiger partial charge in [-0.25, -0.2) is 0 Å². The highest BCUT2D eigenvalue weighted by molar-refractivity contribution is 6.17. The number of H-pyrrole nitrogens is 1. The molecule has 4 aliphatic rings. The Labute approximate surface area is 198 Å². The molecular weight excluding hydrogens is 424 g/mol. The van der Waals surface area contributed by atoms with Crippen LogP contribution in [0.15, 0.2) is 53.7 Å². The number of carbonyl (C=O) groups is 2. The quantitative estimate of drug-likeness (QED) is 0.632. The molecule has 172 valence electrons. The van der Waals surface area contributed by atoms with E-state index in [2.05, 4.69) is 54.4 Å². The molecule has 3 heterocycles. The van der Waals surface area contributed by atoms with Gasteiger partial charge in [0, 0.05) is 48.7 Å². The molecule has 34 heavy (non-hydrogen) atoms. The van der Waals surface area contributed by atoms with Crippen molar-refractivity contribution in [3.8, 4) is 11.1 Å². The Morgan fingerprint density at radius 3 is 2.59 bits per heavy atom. The van der Waals surface area contributed by atoms with Gasteiger partial charge in [-0.1, -0.05) is 30.3 Å². The van der Waals surface area contributed by atoms with Crippen LogP contribution in [-0.2, 0) is 9.59 Å². The molecule has 3 fully saturated rings. The summed E-state index contributed by atoms with van der Waals surface area (Å²) < 4.78 is 0. The molecule has 0 radical (unpaired) electrons. The average molecular weight is 453 g/mol. The van der Waals surface area contributed by atoms with E-state index in [-0.39, 0.29) is 11.8 Å². The lowest BCUT2D eigenvalue weighted by Crippen LogP contribution is -2.55. The van der Waals surface area contributed by atoms with Crippen LogP contribution in [0.3, 0.4) is 0 Å². The van der Waals surface area contributed by atoms with Crippen molar-refractivity contribution in [2.24, 2.45) is 16.8 Å². The molecule has 1 N–H and O–H groups in total. The molecule has 6 nitrogen and oxygen atoms in total. The van der Waals surface area contributed by atoms with E-state index >= 15 is 0 Å². The number of aliphatic imine (C=N–C) groups is 1. The van der Waals surface area contributed by atoms with E-state index < -0.39 is 5.54 Å². The largest absolute Gasteiger partial charge is 0.361 e. The van der Waals surface area contributed by atoms with Gasteiger partial charge in [0.25, 0.3) is 5.91 Å². The first-order valence-electron chi connectivity index (χ1n) is 12.4. The standard InChI is InChI=1S/C28H28N4O2/c1-17-12-21(22-5-2-19-8-11-29-24(19)13-22)6-7-23(17)25-30-28(9-10-28)27(34)32(25)16-18-14-31(15-18)26(33)20-3-4-20/h2,5-8,11-13,18,20,29H,3-4,9-10,14-16H2,1H3. The fourth-order valence-corrected chi connectivity index (χ4v) is 5.51. The van der Waals surface area contributed by atoms with Crippen LogP contribution in [0.25, 0.3) is 22.0 Å². The number of amides is 2. The minimum absolute atomic E-state index is 0.148. The number of carbonyl (C=O) groups excluding carboxylic acids is 2. The van der Waals surface area contributed by atoms with Crippen molar-refractivity contribution >= 4 is 28.6 Å². The van der Waals surface area contributed by atoms with Crippen LogP contribution >= 0.6 is 0 Å². The highest BCUT2D eigenvalue weighted by atomic mass is 16.2. The molecule has 7 rings (SSSR count). The number of aryl methyl sites for hydroxylation is 1. The molecule has 0 unspecified atom stereocenters. The van der Waals surface area contributed by atoms with Crippen molar-refractivity contribution in [3.05, 3.63) is 59.8 Å². The third-order valence-electron chi connectivity index (χ3n) is 7.93. The summed E-state index contributed by atoms with van der Waals surface area (Å²) >= 11 is 0. The van der Waals surface area contributed by atoms with E-state index in [0.717, 1.165) is 66.8 Å². The van der Waals surface area contributed by atoms with Gasteiger partial charge >= 0.3 is 0 Å². The lowest BCUT2D eigenvalue weighted by Gasteiger charge is -2.41. The van der Waals surface area contributed by atoms with Gasteiger partial charge in [0.05, 0.1) is 0 Å². The topological polar surface area (TPSA) is 68.8 Å². The van der Waals surface area contributed by atoms with E-state index in [4.69, 9.17) is 4.99 Å². The third-order valence-corrected chi connectivity index (χ3v) is 7.93. The van der Waals surface area contributed by atoms with E-state index in [1.165, 1.54) is 10.9 Å². The second kappa shape index (κ2) is 7.05. The summed E-state index contributed by atoms with van der Waals surface area (Å²) in [5.41, 5.74) is 5.08. The number of amidine groups is 1. The van der Waals surface area contributed by atoms with Gasteiger partial charge in [0.15, 0.2) is 0 Å². The van der Waals surface area contributed by atoms with Gasteiger partial charge in [-0.15, -0.1) is 0 Å². The van der Waals surface area contributed by atoms with Gasteiger partial charge in [0.1, 0.15) is 11.4 Å². The van der Waals surface area contributed by atoms with Crippen LogP contribution in [0.4, 0.5) is 0 Å². The Kier molecular flexibility index (Phi) is 4.15. The molecule has 6 heteroatoms. The molecule has 2 amide bonds. The summed E-state index contributed by atoms with van der Waals surface area (Å²) in [6, 6.07) is 15.0. The van der Waals surface area contributed by atoms with Crippen LogP contribution in [0.1, 0.15) is 36.8 Å². The number of rotatable bonds is 5. The van der Waals surface area contributed by atoms with Crippen molar-refractivity contribution < 1.29 is 9.59 Å². The number of nitrogens with zero attached hydrogens (tertiary/aromatic N) is 3. The van der Waals surface area contributed by atoms with Gasteiger partial charge in [-0.05, 0) is 66.8 Å². The zero-order valence-electron chi connectivity index (χ0n) is 19.4. The Hall–Kier alpha value is -3.41. The molecule has 2 aliphatic carbocycles. The van der Waals surface area contributed by atoms with E-state index in [1.54, 1.807) is 0 Å². The first kappa shape index (κ1) is 20.0. The van der Waals surface area contributed by atoms with Crippen LogP contribution in [0, 0.1) is 18.8 Å². The van der Waals surface area contributed by atoms with Crippen molar-refractivity contribution in [2.45, 2.75) is 38.1 Å². The van der Waals surface area contributed by atoms with Crippen LogP contribution in [0.5, 0.6) is 0 Å². The summed E-state index contributed by atoms with van der Waals surface area (Å²) in [5.74, 6) is 1.87. The predicted octanol–water partition coefficient (Wildman–Crippen LogP) is 4.13. The van der Waals surface area contributed by atoms with Crippen molar-refractivity contribution in [1.82, 2.24) is 14.8 Å². The molecule has 2 aliphatic heterocycles. The van der Waals surface area contributed by atoms with Crippen LogP contribution in [0.2, 0.25) is 0 Å². The number of nitrogens with one attached hydrogen (secondary N) is 1. The Morgan fingerprint density at radius 1 is 1.09 bits per heavy atom. The average Bonchev–Trinajstić information content (AvgIpc) is 3.72. The highest BCUT2D eigenvalue weighted by Crippen LogP contribution is 2.46. The minimum Gasteiger partial charge on any atom is -0.361 e. The summed E-state index contributed by atoms with van der Waals surface area (Å²) in [6.07, 6.45) is 5.73. The van der Waals surface area contributed by atoms with E-state index in [0.29, 0.717) is 18.4 Å². The zero-order valence-corrected chi connectivity index (χ0v) is 19.4. The van der Waals surface area contributed by atoms with Gasteiger partial charge < -0.3 is 9.88 Å². The number of hydrogen-bond donors (Lipinski definition) is 1. The molecule has 0 atom stereocenters. The maximum Gasteiger partial charge on any atom is 0.256 e. The zero-order chi connectivity index (χ0) is 23.0. The molecule has 1 aromatic heterocycles. The Morgan fingerprint density at radius 2 is 1.85 bits per heavy atom. The molecule has 2 aromatic carbocycles. The molecule has 2 saturated carbocycles. The lowest BCUT2D eigenvalue weighted by molar-refractivity contribution is -0.139. The normalized spacial score (nSPS) is 21.3. The SMILES string of the molecule is Cc1cc(-c2ccc3cc[nH]c3c2)ccc1C1=NC2(CC2)C(=O)N1CC1CN(C(=O)C2CC2)C1. The van der Waals surface area contributed by atoms with Crippen LogP contribution < -0.4 is 0 Å². The fourth-order valence-electron chi connectivity index (χ4n) is 5.51. The maximum absolute atomic E-state index is 13.3. The second-order valence-electron chi connectivity index (χ2n) is 10.6. The van der Waals surface area contributed by atoms with Gasteiger partial charge in [-0.2, -0.15) is 0 Å². The van der Waals surface area contributed by atoms with E-state index in [9.17, 15) is 9.59 Å². The monoisotopic (exact) mass is 452 g/mol. The highest BCUT2D eigenvalue weighted by Gasteiger charge is 2.58. The van der Waals surface area contributed by atoms with E-state index in [1.807, 2.05) is 16.0 Å². The fraction of sp³-hybridized carbons (Fsp3) is 0.393. The lowest BCUT2D eigenvalue weighted by atomic mass is 9.96. The van der Waals surface area contributed by atoms with Gasteiger partial charge in [0.2, 0.25) is 5.91 Å². The number of likely N-dealkylation sites (tertiary alicyclic amines) is 1. The Bertz CT molecular complexity index is 1370. The first-order valence-corrected chi connectivity index (χ1v) is 12.4. The summed E-state index contributed by atoms with van der Waals surface area (Å²) in [6.45, 7) is 4.28. The molecule has 1 spiro atoms. The summed E-state index contributed by atoms with van der Waals surface area (Å²) in [7, 11) is 0. The Balaban J connectivity index is 1.14. The number of fused-ring (bicyclic) bond motifs is 1. The number of aromatic nitrogens is 1. The smallest absolute Gasteiger partial charge is 0.256 e. The van der Waals surface area contributed by atoms with Crippen molar-refractivity contribution in [1.29, 1.82) is 0 Å². The number of benzene rings is 2. The molecule has 3 aromatic rings. The number of hydrogen-bond acceptors (Lipinski definition) is 3.